The van der Waals surface area contributed by atoms with E-state index >= 15 is 0 Å². The summed E-state index contributed by atoms with van der Waals surface area (Å²) in [7, 11) is -1.03. The molecule has 0 fully saturated rings. The van der Waals surface area contributed by atoms with Crippen LogP contribution >= 0.6 is 0 Å². The maximum absolute atomic E-state index is 11.1. The van der Waals surface area contributed by atoms with Gasteiger partial charge in [0.05, 0.1) is 0 Å². The number of hydrogen-bond donors (Lipinski definition) is 6. The number of furan rings is 1. The molecule has 21 heteroatoms. The second-order valence-electron chi connectivity index (χ2n) is 12.9. The molecule has 0 atom stereocenters. The molecule has 3 rings (SSSR count). The van der Waals surface area contributed by atoms with Crippen LogP contribution in [0.5, 0.6) is 0 Å². The molecule has 15 nitrogen and oxygen atoms in total. The molecule has 2 heterocycles. The van der Waals surface area contributed by atoms with Crippen molar-refractivity contribution in [3.63, 3.8) is 0 Å². The first-order chi connectivity index (χ1) is 25.0. The number of benzene rings is 1. The molecule has 0 saturated carbocycles. The quantitative estimate of drug-likeness (QED) is 0.0329. The molecule has 0 unspecified atom stereocenters. The van der Waals surface area contributed by atoms with Crippen LogP contribution in [0.4, 0.5) is 0 Å². The SMILES string of the molecule is CB(O)N=C(N(CCCCCCCCNC(=N[B]C=O)NB(C)O)B(C)O)N(CCCc1cc2cc(C3=NCCCN3[B]C=O)ccc2o1)B(C)O. The lowest BCUT2D eigenvalue weighted by molar-refractivity contribution is 0.392. The fourth-order valence-electron chi connectivity index (χ4n) is 6.03. The molecule has 276 valence electrons. The minimum Gasteiger partial charge on any atom is -0.461 e. The van der Waals surface area contributed by atoms with Crippen molar-refractivity contribution in [2.24, 2.45) is 14.8 Å². The number of unbranched alkanes of at least 4 members (excludes halogenated alkanes) is 5. The Hall–Kier alpha value is -3.66. The van der Waals surface area contributed by atoms with Crippen molar-refractivity contribution in [2.75, 3.05) is 32.7 Å². The van der Waals surface area contributed by atoms with Crippen molar-refractivity contribution in [3.05, 3.63) is 35.6 Å². The van der Waals surface area contributed by atoms with Crippen molar-refractivity contribution < 1.29 is 34.1 Å². The number of nitrogens with one attached hydrogen (secondary N) is 2. The summed E-state index contributed by atoms with van der Waals surface area (Å²) in [5.74, 6) is 2.24. The Kier molecular flexibility index (Phi) is 19.0. The van der Waals surface area contributed by atoms with E-state index in [9.17, 15) is 29.7 Å². The van der Waals surface area contributed by atoms with Crippen molar-refractivity contribution in [2.45, 2.75) is 85.1 Å². The van der Waals surface area contributed by atoms with Gasteiger partial charge in [-0.3, -0.25) is 9.90 Å². The lowest BCUT2D eigenvalue weighted by Crippen LogP contribution is -2.56. The van der Waals surface area contributed by atoms with Crippen molar-refractivity contribution >= 4 is 84.1 Å². The van der Waals surface area contributed by atoms with Crippen LogP contribution in [0.15, 0.2) is 43.5 Å². The Morgan fingerprint density at radius 2 is 1.65 bits per heavy atom. The minimum absolute atomic E-state index is 0.334. The standard InChI is InChI=1S/C31H52B6N8O7/c1-34(48)41-30(40-32-23-46)39-16-9-7-5-6-8-10-19-44(36(3)50)31(42-35(2)49)45(37(4)51)20-11-13-27-22-26-21-25(14-15-28(26)52-27)29-38-17-12-18-43(29)33-24-47/h14-15,21-24,48-51H,5-13,16-20H2,1-4H3,(H2,39,40,41). The molecular formula is C31H52B6N8O7. The highest BCUT2D eigenvalue weighted by Crippen LogP contribution is 2.24. The van der Waals surface area contributed by atoms with Crippen molar-refractivity contribution in [3.8, 4) is 0 Å². The maximum atomic E-state index is 11.1. The zero-order chi connectivity index (χ0) is 37.9. The van der Waals surface area contributed by atoms with Crippen LogP contribution in [-0.4, -0.2) is 140 Å². The zero-order valence-corrected chi connectivity index (χ0v) is 31.0. The van der Waals surface area contributed by atoms with E-state index in [0.29, 0.717) is 57.1 Å². The molecule has 1 aromatic carbocycles. The Morgan fingerprint density at radius 1 is 0.962 bits per heavy atom. The summed E-state index contributed by atoms with van der Waals surface area (Å²) in [5.41, 5.74) is 1.67. The Labute approximate surface area is 310 Å². The average Bonchev–Trinajstić information content (AvgIpc) is 3.51. The second-order valence-corrected chi connectivity index (χ2v) is 12.9. The van der Waals surface area contributed by atoms with Gasteiger partial charge in [0.25, 0.3) is 0 Å². The van der Waals surface area contributed by atoms with E-state index < -0.39 is 28.2 Å². The lowest BCUT2D eigenvalue weighted by Gasteiger charge is -2.37. The molecule has 0 spiro atoms. The molecule has 2 radical (unpaired) electrons. The van der Waals surface area contributed by atoms with Gasteiger partial charge in [0.2, 0.25) is 0 Å². The largest absolute Gasteiger partial charge is 0.461 e. The third kappa shape index (κ3) is 14.4. The van der Waals surface area contributed by atoms with Crippen LogP contribution in [0.25, 0.3) is 11.0 Å². The normalized spacial score (nSPS) is 13.3. The van der Waals surface area contributed by atoms with Gasteiger partial charge in [-0.15, -0.1) is 0 Å². The van der Waals surface area contributed by atoms with Crippen LogP contribution in [0.2, 0.25) is 27.3 Å². The second kappa shape index (κ2) is 23.1. The van der Waals surface area contributed by atoms with Gasteiger partial charge in [0.1, 0.15) is 29.5 Å². The van der Waals surface area contributed by atoms with E-state index in [1.54, 1.807) is 36.9 Å². The van der Waals surface area contributed by atoms with Gasteiger partial charge < -0.3 is 64.0 Å². The summed E-state index contributed by atoms with van der Waals surface area (Å²) in [4.78, 5) is 40.0. The van der Waals surface area contributed by atoms with Gasteiger partial charge in [-0.2, -0.15) is 0 Å². The molecule has 0 saturated heterocycles. The number of aryl methyl sites for hydroxylation is 1. The molecule has 6 N–H and O–H groups in total. The highest BCUT2D eigenvalue weighted by atomic mass is 16.3. The lowest BCUT2D eigenvalue weighted by atomic mass is 9.80. The highest BCUT2D eigenvalue weighted by Gasteiger charge is 2.30. The molecule has 0 amide bonds. The van der Waals surface area contributed by atoms with Crippen LogP contribution < -0.4 is 10.5 Å². The number of aliphatic imine (C=N–C) groups is 1. The van der Waals surface area contributed by atoms with E-state index in [-0.39, 0.29) is 0 Å². The Morgan fingerprint density at radius 3 is 2.31 bits per heavy atom. The van der Waals surface area contributed by atoms with E-state index in [4.69, 9.17) is 4.42 Å². The molecule has 1 aliphatic heterocycles. The average molecular weight is 714 g/mol. The number of nitrogens with zero attached hydrogens (tertiary/aromatic N) is 6. The van der Waals surface area contributed by atoms with E-state index in [0.717, 1.165) is 93.2 Å². The van der Waals surface area contributed by atoms with E-state index in [2.05, 4.69) is 25.3 Å². The predicted molar refractivity (Wildman–Crippen MR) is 215 cm³/mol. The van der Waals surface area contributed by atoms with Crippen LogP contribution in [0, 0.1) is 0 Å². The highest BCUT2D eigenvalue weighted by molar-refractivity contribution is 6.67. The summed E-state index contributed by atoms with van der Waals surface area (Å²) in [5, 5.41) is 48.2. The summed E-state index contributed by atoms with van der Waals surface area (Å²) in [6.07, 6.45) is 9.03. The van der Waals surface area contributed by atoms with Gasteiger partial charge in [0.15, 0.2) is 11.9 Å². The Bertz CT molecular complexity index is 1480. The fraction of sp³-hybridized carbons (Fsp3) is 0.581. The zero-order valence-electron chi connectivity index (χ0n) is 31.0. The summed E-state index contributed by atoms with van der Waals surface area (Å²) in [6.45, 7) is 9.40. The molecule has 52 heavy (non-hydrogen) atoms. The first kappa shape index (κ1) is 42.7. The monoisotopic (exact) mass is 714 g/mol. The predicted octanol–water partition coefficient (Wildman–Crippen LogP) is 0.714. The summed E-state index contributed by atoms with van der Waals surface area (Å²) < 4.78 is 6.13. The fourth-order valence-corrected chi connectivity index (χ4v) is 6.03. The van der Waals surface area contributed by atoms with Crippen LogP contribution in [0.1, 0.15) is 62.7 Å². The molecule has 2 aromatic rings. The number of carbonyl (C=O) groups is 2. The summed E-state index contributed by atoms with van der Waals surface area (Å²) in [6, 6.07) is 7.89. The first-order valence-corrected chi connectivity index (χ1v) is 18.3. The Balaban J connectivity index is 1.53. The smallest absolute Gasteiger partial charge is 0.431 e. The van der Waals surface area contributed by atoms with Crippen LogP contribution in [-0.2, 0) is 16.0 Å². The number of hydrogen-bond acceptors (Lipinski definition) is 11. The number of carbonyl (C=O) groups excluding carboxylic acids is 2. The summed E-state index contributed by atoms with van der Waals surface area (Å²) >= 11 is 0. The third-order valence-electron chi connectivity index (χ3n) is 8.43. The minimum atomic E-state index is -1.04. The van der Waals surface area contributed by atoms with Gasteiger partial charge in [-0.25, -0.2) is 0 Å². The van der Waals surface area contributed by atoms with Gasteiger partial charge in [0, 0.05) is 50.1 Å². The van der Waals surface area contributed by atoms with E-state index in [1.165, 1.54) is 7.41 Å². The number of guanidine groups is 2. The molecule has 1 aromatic heterocycles. The van der Waals surface area contributed by atoms with Gasteiger partial charge in [-0.05, 0) is 77.2 Å². The van der Waals surface area contributed by atoms with Gasteiger partial charge in [-0.1, -0.05) is 25.7 Å². The van der Waals surface area contributed by atoms with Crippen molar-refractivity contribution in [1.29, 1.82) is 0 Å². The molecule has 0 bridgehead atoms. The first-order valence-electron chi connectivity index (χ1n) is 18.3. The third-order valence-corrected chi connectivity index (χ3v) is 8.43. The topological polar surface area (TPSA) is 199 Å². The van der Waals surface area contributed by atoms with Crippen molar-refractivity contribution in [1.82, 2.24) is 25.0 Å². The molecule has 0 aliphatic carbocycles. The maximum Gasteiger partial charge on any atom is 0.431 e. The number of rotatable bonds is 22. The number of amidine groups is 1. The number of fused-ring (bicyclic) bond motifs is 1. The molecular weight excluding hydrogens is 661 g/mol. The molecule has 1 aliphatic rings. The van der Waals surface area contributed by atoms with E-state index in [1.807, 2.05) is 29.1 Å². The van der Waals surface area contributed by atoms with Crippen LogP contribution in [0.3, 0.4) is 0 Å². The van der Waals surface area contributed by atoms with Gasteiger partial charge >= 0.3 is 43.0 Å².